The van der Waals surface area contributed by atoms with Crippen LogP contribution in [-0.4, -0.2) is 50.2 Å². The van der Waals surface area contributed by atoms with Crippen molar-refractivity contribution in [3.8, 4) is 39.6 Å². The summed E-state index contributed by atoms with van der Waals surface area (Å²) in [5.41, 5.74) is 16.2. The Balaban J connectivity index is 1.87. The minimum Gasteiger partial charge on any atom is -0.495 e. The summed E-state index contributed by atoms with van der Waals surface area (Å²) in [4.78, 5) is 12.7. The number of nitrogens with zero attached hydrogens (tertiary/aromatic N) is 1. The molecule has 0 aliphatic rings. The first-order valence-electron chi connectivity index (χ1n) is 11.3. The third-order valence-corrected chi connectivity index (χ3v) is 6.25. The average Bonchev–Trinajstić information content (AvgIpc) is 3.35. The fraction of sp³-hybridized carbons (Fsp3) is 0.320. The summed E-state index contributed by atoms with van der Waals surface area (Å²) in [6, 6.07) is 8.75. The smallest absolute Gasteiger partial charge is 0.241 e. The van der Waals surface area contributed by atoms with Crippen LogP contribution >= 0.6 is 11.5 Å². The van der Waals surface area contributed by atoms with Crippen LogP contribution in [0, 0.1) is 12.3 Å². The Hall–Kier alpha value is -3.83. The first kappa shape index (κ1) is 26.8. The number of amides is 1. The predicted octanol–water partition coefficient (Wildman–Crippen LogP) is 3.34. The Morgan fingerprint density at radius 2 is 1.86 bits per heavy atom. The van der Waals surface area contributed by atoms with E-state index < -0.39 is 6.04 Å². The van der Waals surface area contributed by atoms with E-state index in [1.165, 1.54) is 11.5 Å². The molecule has 10 nitrogen and oxygen atoms in total. The van der Waals surface area contributed by atoms with Gasteiger partial charge in [0.2, 0.25) is 5.91 Å². The fourth-order valence-corrected chi connectivity index (χ4v) is 4.53. The zero-order valence-electron chi connectivity index (χ0n) is 20.8. The van der Waals surface area contributed by atoms with E-state index in [9.17, 15) is 4.79 Å². The number of anilines is 1. The zero-order chi connectivity index (χ0) is 26.2. The number of carbonyl (C=O) groups excluding carboxylic acids is 1. The molecule has 0 spiro atoms. The highest BCUT2D eigenvalue weighted by Gasteiger charge is 2.19. The van der Waals surface area contributed by atoms with Crippen molar-refractivity contribution >= 4 is 29.1 Å². The standard InChI is InChI=1S/C25H32N6O4S/c1-14-10-16(12-21(34-3)23(14)35-4)22-17(13-36-31-22)15-7-8-20(33-2)19(11-15)30-24(32)18(26)6-5-9-29-25(27)28/h7-8,10-13,18H,5-6,9,26H2,1-4H3,(H,30,32)(H4,27,28,29)/t18-/m0/s1. The van der Waals surface area contributed by atoms with E-state index in [1.54, 1.807) is 27.4 Å². The minimum absolute atomic E-state index is 0.111. The molecule has 0 aliphatic carbocycles. The molecule has 3 aromatic rings. The lowest BCUT2D eigenvalue weighted by Gasteiger charge is -2.16. The molecule has 1 heterocycles. The molecule has 3 rings (SSSR count). The number of nitrogens with two attached hydrogens (primary N) is 2. The van der Waals surface area contributed by atoms with Crippen LogP contribution in [0.3, 0.4) is 0 Å². The van der Waals surface area contributed by atoms with Gasteiger partial charge in [-0.05, 0) is 66.7 Å². The number of ether oxygens (including phenoxy) is 3. The van der Waals surface area contributed by atoms with Gasteiger partial charge in [-0.1, -0.05) is 6.07 Å². The number of carbonyl (C=O) groups is 1. The van der Waals surface area contributed by atoms with Gasteiger partial charge in [-0.15, -0.1) is 0 Å². The Bertz CT molecular complexity index is 1230. The Kier molecular flexibility index (Phi) is 9.09. The van der Waals surface area contributed by atoms with Crippen LogP contribution in [0.2, 0.25) is 0 Å². The van der Waals surface area contributed by atoms with Gasteiger partial charge in [-0.2, -0.15) is 4.37 Å². The van der Waals surface area contributed by atoms with Crippen LogP contribution < -0.4 is 36.3 Å². The lowest BCUT2D eigenvalue weighted by Crippen LogP contribution is -2.37. The number of aromatic nitrogens is 1. The first-order chi connectivity index (χ1) is 17.3. The summed E-state index contributed by atoms with van der Waals surface area (Å²) in [6.45, 7) is 2.43. The van der Waals surface area contributed by atoms with E-state index in [4.69, 9.17) is 31.1 Å². The SMILES string of the molecule is COc1ccc(-c2csnc2-c2cc(C)c(OC)c(OC)c2)cc1NC(=O)[C@@H](N)CCCNC(=N)N. The van der Waals surface area contributed by atoms with Gasteiger partial charge in [0, 0.05) is 23.1 Å². The molecule has 0 saturated heterocycles. The van der Waals surface area contributed by atoms with Crippen molar-refractivity contribution in [2.24, 2.45) is 11.5 Å². The van der Waals surface area contributed by atoms with E-state index in [0.717, 1.165) is 27.9 Å². The van der Waals surface area contributed by atoms with Gasteiger partial charge in [0.1, 0.15) is 5.75 Å². The summed E-state index contributed by atoms with van der Waals surface area (Å²) in [6.07, 6.45) is 1.03. The number of benzene rings is 2. The molecule has 192 valence electrons. The van der Waals surface area contributed by atoms with Gasteiger partial charge in [-0.25, -0.2) is 0 Å². The fourth-order valence-electron chi connectivity index (χ4n) is 3.82. The van der Waals surface area contributed by atoms with Crippen LogP contribution in [0.4, 0.5) is 5.69 Å². The topological polar surface area (TPSA) is 158 Å². The van der Waals surface area contributed by atoms with Crippen molar-refractivity contribution in [2.45, 2.75) is 25.8 Å². The van der Waals surface area contributed by atoms with Crippen LogP contribution in [0.5, 0.6) is 17.2 Å². The van der Waals surface area contributed by atoms with Gasteiger partial charge in [-0.3, -0.25) is 10.2 Å². The lowest BCUT2D eigenvalue weighted by molar-refractivity contribution is -0.117. The molecule has 0 fully saturated rings. The van der Waals surface area contributed by atoms with Crippen LogP contribution in [0.15, 0.2) is 35.7 Å². The Morgan fingerprint density at radius 1 is 1.11 bits per heavy atom. The highest BCUT2D eigenvalue weighted by atomic mass is 32.1. The summed E-state index contributed by atoms with van der Waals surface area (Å²) >= 11 is 1.34. The van der Waals surface area contributed by atoms with Crippen molar-refractivity contribution in [1.82, 2.24) is 9.69 Å². The van der Waals surface area contributed by atoms with Crippen molar-refractivity contribution < 1.29 is 19.0 Å². The third-order valence-electron chi connectivity index (χ3n) is 5.62. The number of aryl methyl sites for hydroxylation is 1. The van der Waals surface area contributed by atoms with Crippen LogP contribution in [0.1, 0.15) is 18.4 Å². The molecule has 11 heteroatoms. The van der Waals surface area contributed by atoms with E-state index in [1.807, 2.05) is 36.6 Å². The van der Waals surface area contributed by atoms with Gasteiger partial charge < -0.3 is 36.3 Å². The molecular formula is C25H32N6O4S. The summed E-state index contributed by atoms with van der Waals surface area (Å²) in [7, 11) is 4.76. The molecule has 0 radical (unpaired) electrons. The number of hydrogen-bond acceptors (Lipinski definition) is 8. The van der Waals surface area contributed by atoms with E-state index in [2.05, 4.69) is 15.0 Å². The average molecular weight is 513 g/mol. The highest BCUT2D eigenvalue weighted by Crippen LogP contribution is 2.41. The molecule has 7 N–H and O–H groups in total. The van der Waals surface area contributed by atoms with Gasteiger partial charge in [0.05, 0.1) is 38.8 Å². The second kappa shape index (κ2) is 12.2. The third kappa shape index (κ3) is 6.23. The highest BCUT2D eigenvalue weighted by molar-refractivity contribution is 7.04. The van der Waals surface area contributed by atoms with Crippen molar-refractivity contribution in [1.29, 1.82) is 5.41 Å². The maximum Gasteiger partial charge on any atom is 0.241 e. The zero-order valence-corrected chi connectivity index (χ0v) is 21.6. The second-order valence-corrected chi connectivity index (χ2v) is 8.73. The number of guanidine groups is 1. The molecule has 1 amide bonds. The van der Waals surface area contributed by atoms with Gasteiger partial charge >= 0.3 is 0 Å². The Labute approximate surface area is 214 Å². The second-order valence-electron chi connectivity index (χ2n) is 8.10. The maximum absolute atomic E-state index is 12.7. The molecular weight excluding hydrogens is 480 g/mol. The number of hydrogen-bond donors (Lipinski definition) is 5. The first-order valence-corrected chi connectivity index (χ1v) is 12.1. The Morgan fingerprint density at radius 3 is 2.53 bits per heavy atom. The quantitative estimate of drug-likeness (QED) is 0.149. The largest absolute Gasteiger partial charge is 0.495 e. The molecule has 0 bridgehead atoms. The molecule has 0 aliphatic heterocycles. The van der Waals surface area contributed by atoms with Crippen molar-refractivity contribution in [2.75, 3.05) is 33.2 Å². The number of nitrogens with one attached hydrogen (secondary N) is 3. The van der Waals surface area contributed by atoms with Crippen molar-refractivity contribution in [3.63, 3.8) is 0 Å². The normalized spacial score (nSPS) is 11.5. The van der Waals surface area contributed by atoms with Crippen LogP contribution in [0.25, 0.3) is 22.4 Å². The monoisotopic (exact) mass is 512 g/mol. The molecule has 2 aromatic carbocycles. The lowest BCUT2D eigenvalue weighted by atomic mass is 9.99. The summed E-state index contributed by atoms with van der Waals surface area (Å²) < 4.78 is 21.1. The molecule has 0 unspecified atom stereocenters. The van der Waals surface area contributed by atoms with Gasteiger partial charge in [0.15, 0.2) is 17.5 Å². The van der Waals surface area contributed by atoms with Gasteiger partial charge in [0.25, 0.3) is 0 Å². The van der Waals surface area contributed by atoms with Crippen molar-refractivity contribution in [3.05, 3.63) is 41.3 Å². The molecule has 1 aromatic heterocycles. The molecule has 0 saturated carbocycles. The minimum atomic E-state index is -0.722. The van der Waals surface area contributed by atoms with E-state index in [-0.39, 0.29) is 11.9 Å². The van der Waals surface area contributed by atoms with Crippen LogP contribution in [-0.2, 0) is 4.79 Å². The summed E-state index contributed by atoms with van der Waals surface area (Å²) in [5.74, 6) is 1.39. The molecule has 36 heavy (non-hydrogen) atoms. The summed E-state index contributed by atoms with van der Waals surface area (Å²) in [5, 5.41) is 14.7. The predicted molar refractivity (Wildman–Crippen MR) is 143 cm³/mol. The maximum atomic E-state index is 12.7. The molecule has 1 atom stereocenters. The van der Waals surface area contributed by atoms with E-state index >= 15 is 0 Å². The number of rotatable bonds is 11. The number of methoxy groups -OCH3 is 3. The van der Waals surface area contributed by atoms with E-state index in [0.29, 0.717) is 42.3 Å².